The van der Waals surface area contributed by atoms with E-state index in [1.54, 1.807) is 0 Å². The van der Waals surface area contributed by atoms with Gasteiger partial charge in [-0.15, -0.1) is 0 Å². The number of hydrogen-bond donors (Lipinski definition) is 2. The molecule has 1 atom stereocenters. The molecule has 0 fully saturated rings. The van der Waals surface area contributed by atoms with Crippen molar-refractivity contribution in [2.24, 2.45) is 5.73 Å². The lowest BCUT2D eigenvalue weighted by atomic mass is 9.96. The number of benzene rings is 1. The zero-order valence-electron chi connectivity index (χ0n) is 8.51. The van der Waals surface area contributed by atoms with Gasteiger partial charge in [-0.2, -0.15) is 0 Å². The van der Waals surface area contributed by atoms with Crippen molar-refractivity contribution in [2.45, 2.75) is 19.3 Å². The molecule has 1 rings (SSSR count). The fourth-order valence-corrected chi connectivity index (χ4v) is 1.46. The molecule has 0 radical (unpaired) electrons. The minimum absolute atomic E-state index is 0.00771. The van der Waals surface area contributed by atoms with E-state index in [2.05, 4.69) is 0 Å². The molecule has 1 aromatic carbocycles. The zero-order valence-corrected chi connectivity index (χ0v) is 8.51. The fraction of sp³-hybridized carbons (Fsp3) is 0.400. The second-order valence-corrected chi connectivity index (χ2v) is 3.48. The molecule has 82 valence electrons. The first kappa shape index (κ1) is 11.5. The summed E-state index contributed by atoms with van der Waals surface area (Å²) in [5.41, 5.74) is 5.97. The van der Waals surface area contributed by atoms with E-state index in [1.807, 2.05) is 6.92 Å². The first-order valence-corrected chi connectivity index (χ1v) is 4.73. The third-order valence-corrected chi connectivity index (χ3v) is 2.35. The molecule has 0 spiro atoms. The second kappa shape index (κ2) is 4.75. The Balaban J connectivity index is 3.04. The van der Waals surface area contributed by atoms with Crippen LogP contribution in [0, 0.1) is 10.1 Å². The van der Waals surface area contributed by atoms with Gasteiger partial charge in [-0.3, -0.25) is 10.1 Å². The number of phenolic OH excluding ortho intramolecular Hbond substituents is 1. The van der Waals surface area contributed by atoms with Crippen LogP contribution in [0.15, 0.2) is 18.2 Å². The predicted molar refractivity (Wildman–Crippen MR) is 56.8 cm³/mol. The lowest BCUT2D eigenvalue weighted by molar-refractivity contribution is -0.385. The largest absolute Gasteiger partial charge is 0.508 e. The van der Waals surface area contributed by atoms with Crippen molar-refractivity contribution >= 4 is 5.69 Å². The molecule has 5 heteroatoms. The monoisotopic (exact) mass is 210 g/mol. The van der Waals surface area contributed by atoms with Crippen LogP contribution in [0.5, 0.6) is 5.75 Å². The minimum Gasteiger partial charge on any atom is -0.508 e. The molecule has 0 amide bonds. The highest BCUT2D eigenvalue weighted by molar-refractivity contribution is 5.44. The smallest absolute Gasteiger partial charge is 0.269 e. The second-order valence-electron chi connectivity index (χ2n) is 3.48. The number of nitrogens with two attached hydrogens (primary N) is 1. The highest BCUT2D eigenvalue weighted by Crippen LogP contribution is 2.30. The van der Waals surface area contributed by atoms with Gasteiger partial charge in [0.05, 0.1) is 4.92 Å². The van der Waals surface area contributed by atoms with E-state index >= 15 is 0 Å². The molecule has 0 aromatic heterocycles. The van der Waals surface area contributed by atoms with Gasteiger partial charge in [0.15, 0.2) is 0 Å². The van der Waals surface area contributed by atoms with E-state index in [-0.39, 0.29) is 17.4 Å². The topological polar surface area (TPSA) is 89.4 Å². The summed E-state index contributed by atoms with van der Waals surface area (Å²) in [6.07, 6.45) is 0.689. The summed E-state index contributed by atoms with van der Waals surface area (Å²) < 4.78 is 0. The van der Waals surface area contributed by atoms with E-state index in [4.69, 9.17) is 5.73 Å². The van der Waals surface area contributed by atoms with Crippen LogP contribution in [-0.2, 0) is 0 Å². The zero-order chi connectivity index (χ0) is 11.4. The third kappa shape index (κ3) is 2.66. The van der Waals surface area contributed by atoms with E-state index in [1.165, 1.54) is 18.2 Å². The predicted octanol–water partition coefficient (Wildman–Crippen LogP) is 1.75. The average molecular weight is 210 g/mol. The molecule has 0 heterocycles. The molecule has 3 N–H and O–H groups in total. The Morgan fingerprint density at radius 2 is 2.27 bits per heavy atom. The van der Waals surface area contributed by atoms with Crippen LogP contribution >= 0.6 is 0 Å². The Morgan fingerprint density at radius 1 is 1.60 bits per heavy atom. The summed E-state index contributed by atoms with van der Waals surface area (Å²) in [5.74, 6) is 0.108. The molecule has 0 saturated carbocycles. The quantitative estimate of drug-likeness (QED) is 0.585. The van der Waals surface area contributed by atoms with Crippen LogP contribution < -0.4 is 5.73 Å². The van der Waals surface area contributed by atoms with E-state index in [9.17, 15) is 15.2 Å². The van der Waals surface area contributed by atoms with Crippen molar-refractivity contribution in [3.8, 4) is 5.75 Å². The summed E-state index contributed by atoms with van der Waals surface area (Å²) in [7, 11) is 0. The van der Waals surface area contributed by atoms with Crippen LogP contribution in [0.2, 0.25) is 0 Å². The van der Waals surface area contributed by atoms with Crippen LogP contribution in [0.3, 0.4) is 0 Å². The number of aromatic hydroxyl groups is 1. The Morgan fingerprint density at radius 3 is 2.80 bits per heavy atom. The maximum absolute atomic E-state index is 10.5. The van der Waals surface area contributed by atoms with Crippen molar-refractivity contribution < 1.29 is 10.0 Å². The number of nitrogens with zero attached hydrogens (tertiary/aromatic N) is 1. The fourth-order valence-electron chi connectivity index (χ4n) is 1.46. The molecule has 1 unspecified atom stereocenters. The Labute approximate surface area is 87.7 Å². The highest BCUT2D eigenvalue weighted by atomic mass is 16.6. The van der Waals surface area contributed by atoms with Gasteiger partial charge in [-0.25, -0.2) is 0 Å². The maximum Gasteiger partial charge on any atom is 0.269 e. The number of non-ortho nitro benzene ring substituents is 1. The first-order valence-electron chi connectivity index (χ1n) is 4.73. The van der Waals surface area contributed by atoms with Gasteiger partial charge in [0.1, 0.15) is 5.75 Å². The average Bonchev–Trinajstić information content (AvgIpc) is 2.18. The van der Waals surface area contributed by atoms with Gasteiger partial charge in [0.25, 0.3) is 5.69 Å². The summed E-state index contributed by atoms with van der Waals surface area (Å²) >= 11 is 0. The van der Waals surface area contributed by atoms with Crippen molar-refractivity contribution in [3.05, 3.63) is 33.9 Å². The Bertz CT molecular complexity index is 366. The molecule has 15 heavy (non-hydrogen) atoms. The molecule has 1 aromatic rings. The van der Waals surface area contributed by atoms with E-state index < -0.39 is 4.92 Å². The SMILES string of the molecule is CC(CCN)c1cc([N+](=O)[O-])ccc1O. The molecule has 0 bridgehead atoms. The van der Waals surface area contributed by atoms with Gasteiger partial charge >= 0.3 is 0 Å². The molecule has 5 nitrogen and oxygen atoms in total. The normalized spacial score (nSPS) is 12.4. The lowest BCUT2D eigenvalue weighted by Gasteiger charge is -2.11. The number of phenols is 1. The van der Waals surface area contributed by atoms with Gasteiger partial charge in [0.2, 0.25) is 0 Å². The molecule has 0 saturated heterocycles. The molecular weight excluding hydrogens is 196 g/mol. The van der Waals surface area contributed by atoms with Crippen molar-refractivity contribution in [3.63, 3.8) is 0 Å². The van der Waals surface area contributed by atoms with E-state index in [0.29, 0.717) is 18.5 Å². The molecule has 0 aliphatic rings. The number of hydrogen-bond acceptors (Lipinski definition) is 4. The van der Waals surface area contributed by atoms with Crippen molar-refractivity contribution in [1.82, 2.24) is 0 Å². The third-order valence-electron chi connectivity index (χ3n) is 2.35. The first-order chi connectivity index (χ1) is 7.06. The van der Waals surface area contributed by atoms with Crippen molar-refractivity contribution in [1.29, 1.82) is 0 Å². The van der Waals surface area contributed by atoms with Crippen LogP contribution in [0.1, 0.15) is 24.8 Å². The molecule has 0 aliphatic carbocycles. The summed E-state index contributed by atoms with van der Waals surface area (Å²) in [5, 5.41) is 20.1. The van der Waals surface area contributed by atoms with Crippen LogP contribution in [0.25, 0.3) is 0 Å². The molecule has 0 aliphatic heterocycles. The maximum atomic E-state index is 10.5. The Hall–Kier alpha value is -1.62. The van der Waals surface area contributed by atoms with Gasteiger partial charge in [0, 0.05) is 17.7 Å². The Kier molecular flexibility index (Phi) is 3.62. The lowest BCUT2D eigenvalue weighted by Crippen LogP contribution is -2.05. The highest BCUT2D eigenvalue weighted by Gasteiger charge is 2.14. The van der Waals surface area contributed by atoms with Crippen LogP contribution in [-0.4, -0.2) is 16.6 Å². The van der Waals surface area contributed by atoms with Gasteiger partial charge in [-0.1, -0.05) is 6.92 Å². The van der Waals surface area contributed by atoms with Gasteiger partial charge < -0.3 is 10.8 Å². The standard InChI is InChI=1S/C10H14N2O3/c1-7(4-5-11)9-6-8(12(14)15)2-3-10(9)13/h2-3,6-7,13H,4-5,11H2,1H3. The van der Waals surface area contributed by atoms with Gasteiger partial charge in [-0.05, 0) is 24.9 Å². The van der Waals surface area contributed by atoms with Crippen molar-refractivity contribution in [2.75, 3.05) is 6.54 Å². The molecular formula is C10H14N2O3. The summed E-state index contributed by atoms with van der Waals surface area (Å²) in [6.45, 7) is 2.37. The number of nitro groups is 1. The van der Waals surface area contributed by atoms with E-state index in [0.717, 1.165) is 0 Å². The summed E-state index contributed by atoms with van der Waals surface area (Å²) in [4.78, 5) is 10.1. The number of rotatable bonds is 4. The number of nitro benzene ring substituents is 1. The van der Waals surface area contributed by atoms with Crippen LogP contribution in [0.4, 0.5) is 5.69 Å². The summed E-state index contributed by atoms with van der Waals surface area (Å²) in [6, 6.07) is 4.03. The minimum atomic E-state index is -0.474.